The lowest BCUT2D eigenvalue weighted by atomic mass is 9.98. The van der Waals surface area contributed by atoms with Crippen LogP contribution < -0.4 is 14.9 Å². The number of aryl methyl sites for hydroxylation is 1. The zero-order chi connectivity index (χ0) is 17.3. The molecule has 0 aliphatic carbocycles. The molecule has 0 spiro atoms. The predicted octanol–water partition coefficient (Wildman–Crippen LogP) is 3.36. The number of hydrogen-bond acceptors (Lipinski definition) is 5. The number of fused-ring (bicyclic) bond motifs is 4. The van der Waals surface area contributed by atoms with Gasteiger partial charge in [0.05, 0.1) is 19.1 Å². The van der Waals surface area contributed by atoms with Gasteiger partial charge in [-0.05, 0) is 25.5 Å². The molecule has 0 saturated carbocycles. The fourth-order valence-electron chi connectivity index (χ4n) is 3.66. The summed E-state index contributed by atoms with van der Waals surface area (Å²) >= 11 is 0. The summed E-state index contributed by atoms with van der Waals surface area (Å²) < 4.78 is 23.3. The number of hydrogen-bond donors (Lipinski definition) is 0. The van der Waals surface area contributed by atoms with Gasteiger partial charge in [0, 0.05) is 18.1 Å². The van der Waals surface area contributed by atoms with Crippen molar-refractivity contribution in [3.8, 4) is 11.5 Å². The van der Waals surface area contributed by atoms with E-state index in [1.165, 1.54) is 0 Å². The van der Waals surface area contributed by atoms with E-state index in [1.54, 1.807) is 19.2 Å². The molecule has 2 aliphatic rings. The van der Waals surface area contributed by atoms with Crippen molar-refractivity contribution in [2.24, 2.45) is 0 Å². The van der Waals surface area contributed by atoms with Gasteiger partial charge in [0.2, 0.25) is 5.43 Å². The Balaban J connectivity index is 1.86. The van der Waals surface area contributed by atoms with Gasteiger partial charge in [0.15, 0.2) is 0 Å². The van der Waals surface area contributed by atoms with Crippen molar-refractivity contribution in [2.75, 3.05) is 13.7 Å². The molecule has 3 aromatic rings. The molecular weight excluding hydrogens is 320 g/mol. The van der Waals surface area contributed by atoms with E-state index in [1.807, 2.05) is 26.0 Å². The molecule has 0 radical (unpaired) electrons. The van der Waals surface area contributed by atoms with Crippen molar-refractivity contribution < 1.29 is 18.6 Å². The average Bonchev–Trinajstić information content (AvgIpc) is 3.20. The third kappa shape index (κ3) is 1.96. The molecule has 2 atom stereocenters. The van der Waals surface area contributed by atoms with E-state index >= 15 is 0 Å². The third-order valence-electron chi connectivity index (χ3n) is 5.35. The highest BCUT2D eigenvalue weighted by Gasteiger charge is 2.51. The Morgan fingerprint density at radius 2 is 2.08 bits per heavy atom. The minimum Gasteiger partial charge on any atom is -0.496 e. The number of benzene rings is 2. The fourth-order valence-corrected chi connectivity index (χ4v) is 3.66. The van der Waals surface area contributed by atoms with E-state index in [-0.39, 0.29) is 17.1 Å². The predicted molar refractivity (Wildman–Crippen MR) is 93.8 cm³/mol. The number of ether oxygens (including phenoxy) is 3. The van der Waals surface area contributed by atoms with E-state index in [4.69, 9.17) is 18.6 Å². The summed E-state index contributed by atoms with van der Waals surface area (Å²) in [5, 5.41) is 1.05. The van der Waals surface area contributed by atoms with Crippen molar-refractivity contribution in [1.82, 2.24) is 0 Å². The summed E-state index contributed by atoms with van der Waals surface area (Å²) in [7, 11) is 1.55. The normalized spacial score (nSPS) is 24.4. The lowest BCUT2D eigenvalue weighted by Gasteiger charge is -2.14. The first-order valence-corrected chi connectivity index (χ1v) is 8.38. The summed E-state index contributed by atoms with van der Waals surface area (Å²) in [6.45, 7) is 4.67. The van der Waals surface area contributed by atoms with Gasteiger partial charge < -0.3 is 18.6 Å². The molecule has 25 heavy (non-hydrogen) atoms. The second kappa shape index (κ2) is 4.76. The van der Waals surface area contributed by atoms with Gasteiger partial charge in [-0.2, -0.15) is 0 Å². The molecule has 0 amide bonds. The summed E-state index contributed by atoms with van der Waals surface area (Å²) in [5.41, 5.74) is 2.70. The first kappa shape index (κ1) is 14.8. The molecular formula is C20H18O5. The van der Waals surface area contributed by atoms with E-state index in [0.29, 0.717) is 46.5 Å². The summed E-state index contributed by atoms with van der Waals surface area (Å²) in [6.07, 6.45) is 0.586. The Morgan fingerprint density at radius 1 is 1.28 bits per heavy atom. The van der Waals surface area contributed by atoms with Crippen LogP contribution in [0, 0.1) is 6.92 Å². The molecule has 1 fully saturated rings. The van der Waals surface area contributed by atoms with Crippen LogP contribution in [0.5, 0.6) is 11.5 Å². The van der Waals surface area contributed by atoms with Gasteiger partial charge in [0.1, 0.15) is 39.8 Å². The quantitative estimate of drug-likeness (QED) is 0.530. The molecule has 5 heteroatoms. The van der Waals surface area contributed by atoms with Gasteiger partial charge in [-0.1, -0.05) is 12.1 Å². The number of epoxide rings is 1. The molecule has 5 rings (SSSR count). The topological polar surface area (TPSA) is 61.2 Å². The smallest absolute Gasteiger partial charge is 0.204 e. The van der Waals surface area contributed by atoms with Crippen LogP contribution >= 0.6 is 0 Å². The van der Waals surface area contributed by atoms with E-state index in [2.05, 4.69) is 0 Å². The van der Waals surface area contributed by atoms with Crippen LogP contribution in [0.25, 0.3) is 21.9 Å². The maximum absolute atomic E-state index is 13.1. The molecule has 2 unspecified atom stereocenters. The number of methoxy groups -OCH3 is 1. The Bertz CT molecular complexity index is 1090. The van der Waals surface area contributed by atoms with Gasteiger partial charge in [-0.15, -0.1) is 0 Å². The molecule has 3 heterocycles. The highest BCUT2D eigenvalue weighted by atomic mass is 16.6. The minimum absolute atomic E-state index is 0.0723. The number of rotatable bonds is 2. The minimum atomic E-state index is -0.258. The molecule has 0 bridgehead atoms. The Morgan fingerprint density at radius 3 is 2.80 bits per heavy atom. The van der Waals surface area contributed by atoms with Gasteiger partial charge >= 0.3 is 0 Å². The molecule has 2 aromatic carbocycles. The lowest BCUT2D eigenvalue weighted by Crippen LogP contribution is -2.30. The van der Waals surface area contributed by atoms with Crippen molar-refractivity contribution in [3.05, 3.63) is 45.6 Å². The standard InChI is InChI=1S/C20H18O5/c1-10-5-4-6-11-17(21)16-14(22-3)8-13-12(19(16)25-18(10)11)7-15(24-13)20(2)9-23-20/h4-6,8,15H,7,9H2,1-3H3. The molecule has 128 valence electrons. The Hall–Kier alpha value is -2.53. The van der Waals surface area contributed by atoms with Crippen LogP contribution in [0.2, 0.25) is 0 Å². The van der Waals surface area contributed by atoms with Gasteiger partial charge in [-0.25, -0.2) is 0 Å². The van der Waals surface area contributed by atoms with Crippen LogP contribution in [0.15, 0.2) is 33.5 Å². The zero-order valence-corrected chi connectivity index (χ0v) is 14.3. The first-order chi connectivity index (χ1) is 12.0. The second-order valence-electron chi connectivity index (χ2n) is 7.05. The first-order valence-electron chi connectivity index (χ1n) is 8.38. The van der Waals surface area contributed by atoms with Crippen molar-refractivity contribution in [2.45, 2.75) is 32.0 Å². The summed E-state index contributed by atoms with van der Waals surface area (Å²) in [6, 6.07) is 7.39. The van der Waals surface area contributed by atoms with Gasteiger partial charge in [0.25, 0.3) is 0 Å². The van der Waals surface area contributed by atoms with Crippen LogP contribution in [0.3, 0.4) is 0 Å². The fraction of sp³-hybridized carbons (Fsp3) is 0.350. The lowest BCUT2D eigenvalue weighted by molar-refractivity contribution is 0.127. The largest absolute Gasteiger partial charge is 0.496 e. The van der Waals surface area contributed by atoms with E-state index < -0.39 is 0 Å². The Kier molecular flexibility index (Phi) is 2.82. The van der Waals surface area contributed by atoms with Gasteiger partial charge in [-0.3, -0.25) is 4.79 Å². The molecule has 5 nitrogen and oxygen atoms in total. The van der Waals surface area contributed by atoms with Crippen LogP contribution in [-0.2, 0) is 11.2 Å². The van der Waals surface area contributed by atoms with Crippen LogP contribution in [-0.4, -0.2) is 25.4 Å². The highest BCUT2D eigenvalue weighted by molar-refractivity contribution is 5.97. The SMILES string of the molecule is COc1cc2c(c3oc4c(C)cccc4c(=O)c13)CC(C1(C)CO1)O2. The monoisotopic (exact) mass is 338 g/mol. The molecule has 1 saturated heterocycles. The van der Waals surface area contributed by atoms with Crippen molar-refractivity contribution in [1.29, 1.82) is 0 Å². The van der Waals surface area contributed by atoms with Crippen LogP contribution in [0.1, 0.15) is 18.1 Å². The maximum atomic E-state index is 13.1. The molecule has 2 aliphatic heterocycles. The second-order valence-corrected chi connectivity index (χ2v) is 7.05. The maximum Gasteiger partial charge on any atom is 0.204 e. The van der Waals surface area contributed by atoms with E-state index in [9.17, 15) is 4.79 Å². The third-order valence-corrected chi connectivity index (χ3v) is 5.35. The molecule has 1 aromatic heterocycles. The Labute approximate surface area is 144 Å². The zero-order valence-electron chi connectivity index (χ0n) is 14.3. The van der Waals surface area contributed by atoms with Crippen molar-refractivity contribution in [3.63, 3.8) is 0 Å². The van der Waals surface area contributed by atoms with E-state index in [0.717, 1.165) is 11.1 Å². The number of para-hydroxylation sites is 1. The highest BCUT2D eigenvalue weighted by Crippen LogP contribution is 2.45. The summed E-state index contributed by atoms with van der Waals surface area (Å²) in [5.74, 6) is 1.19. The summed E-state index contributed by atoms with van der Waals surface area (Å²) in [4.78, 5) is 13.1. The van der Waals surface area contributed by atoms with Crippen molar-refractivity contribution >= 4 is 21.9 Å². The molecule has 0 N–H and O–H groups in total. The average molecular weight is 338 g/mol. The van der Waals surface area contributed by atoms with Crippen LogP contribution in [0.4, 0.5) is 0 Å².